The van der Waals surface area contributed by atoms with Gasteiger partial charge in [-0.1, -0.05) is 38.1 Å². The molecule has 0 bridgehead atoms. The van der Waals surface area contributed by atoms with Gasteiger partial charge in [0.05, 0.1) is 65.0 Å². The molecule has 0 amide bonds. The quantitative estimate of drug-likeness (QED) is 0.237. The van der Waals surface area contributed by atoms with E-state index in [1.54, 1.807) is 24.3 Å². The fourth-order valence-electron chi connectivity index (χ4n) is 2.87. The number of methoxy groups -OCH3 is 2. The maximum absolute atomic E-state index is 11.3. The van der Waals surface area contributed by atoms with E-state index in [9.17, 15) is 9.59 Å². The molecule has 0 saturated heterocycles. The number of rotatable bonds is 16. The maximum atomic E-state index is 11.3. The van der Waals surface area contributed by atoms with Crippen molar-refractivity contribution in [3.63, 3.8) is 0 Å². The van der Waals surface area contributed by atoms with E-state index in [1.807, 2.05) is 24.3 Å². The van der Waals surface area contributed by atoms with Crippen molar-refractivity contribution in [3.8, 4) is 0 Å². The third-order valence-electron chi connectivity index (χ3n) is 4.70. The fourth-order valence-corrected chi connectivity index (χ4v) is 2.87. The summed E-state index contributed by atoms with van der Waals surface area (Å²) in [5.41, 5.74) is 3.07. The first kappa shape index (κ1) is 31.3. The SMILES string of the molecule is CCCOCCOCc1ccc(C(=O)OC)cc1.CCCOCCOCc1cccc(C(=O)OC)c1. The van der Waals surface area contributed by atoms with Crippen molar-refractivity contribution in [2.75, 3.05) is 53.9 Å². The molecular weight excluding hydrogens is 464 g/mol. The molecule has 8 heteroatoms. The summed E-state index contributed by atoms with van der Waals surface area (Å²) in [6.07, 6.45) is 2.04. The van der Waals surface area contributed by atoms with Gasteiger partial charge in [0.15, 0.2) is 0 Å². The van der Waals surface area contributed by atoms with Crippen LogP contribution in [0.4, 0.5) is 0 Å². The minimum Gasteiger partial charge on any atom is -0.465 e. The topological polar surface area (TPSA) is 89.5 Å². The zero-order valence-electron chi connectivity index (χ0n) is 22.0. The van der Waals surface area contributed by atoms with Gasteiger partial charge in [-0.2, -0.15) is 0 Å². The van der Waals surface area contributed by atoms with Crippen molar-refractivity contribution in [3.05, 3.63) is 70.8 Å². The minimum absolute atomic E-state index is 0.324. The third-order valence-corrected chi connectivity index (χ3v) is 4.70. The summed E-state index contributed by atoms with van der Waals surface area (Å²) in [7, 11) is 2.74. The summed E-state index contributed by atoms with van der Waals surface area (Å²) in [6, 6.07) is 14.4. The van der Waals surface area contributed by atoms with Crippen LogP contribution in [0.2, 0.25) is 0 Å². The maximum Gasteiger partial charge on any atom is 0.337 e. The van der Waals surface area contributed by atoms with Crippen LogP contribution >= 0.6 is 0 Å². The smallest absolute Gasteiger partial charge is 0.337 e. The first-order chi connectivity index (χ1) is 17.5. The fraction of sp³-hybridized carbons (Fsp3) is 0.500. The van der Waals surface area contributed by atoms with Crippen molar-refractivity contribution >= 4 is 11.9 Å². The zero-order valence-corrected chi connectivity index (χ0v) is 22.0. The number of hydrogen-bond donors (Lipinski definition) is 0. The summed E-state index contributed by atoms with van der Waals surface area (Å²) in [4.78, 5) is 22.5. The van der Waals surface area contributed by atoms with Crippen molar-refractivity contribution in [2.24, 2.45) is 0 Å². The van der Waals surface area contributed by atoms with Crippen LogP contribution < -0.4 is 0 Å². The second-order valence-corrected chi connectivity index (χ2v) is 7.71. The van der Waals surface area contributed by atoms with E-state index < -0.39 is 0 Å². The molecule has 0 atom stereocenters. The lowest BCUT2D eigenvalue weighted by molar-refractivity contribution is 0.0407. The Hall–Kier alpha value is -2.78. The highest BCUT2D eigenvalue weighted by atomic mass is 16.5. The molecule has 0 aliphatic rings. The van der Waals surface area contributed by atoms with Crippen LogP contribution in [0.25, 0.3) is 0 Å². The first-order valence-electron chi connectivity index (χ1n) is 12.2. The molecule has 0 aromatic heterocycles. The molecule has 36 heavy (non-hydrogen) atoms. The van der Waals surface area contributed by atoms with Gasteiger partial charge in [0.25, 0.3) is 0 Å². The summed E-state index contributed by atoms with van der Waals surface area (Å²) in [5, 5.41) is 0. The Morgan fingerprint density at radius 1 is 0.583 bits per heavy atom. The Balaban J connectivity index is 0.000000360. The minimum atomic E-state index is -0.330. The van der Waals surface area contributed by atoms with E-state index in [2.05, 4.69) is 23.3 Å². The van der Waals surface area contributed by atoms with Crippen LogP contribution in [-0.2, 0) is 41.6 Å². The third kappa shape index (κ3) is 13.9. The molecule has 2 aromatic rings. The average Bonchev–Trinajstić information content (AvgIpc) is 2.92. The molecule has 2 aromatic carbocycles. The molecule has 0 aliphatic heterocycles. The van der Waals surface area contributed by atoms with Crippen molar-refractivity contribution in [1.29, 1.82) is 0 Å². The van der Waals surface area contributed by atoms with Crippen molar-refractivity contribution in [2.45, 2.75) is 39.9 Å². The first-order valence-corrected chi connectivity index (χ1v) is 12.2. The number of benzene rings is 2. The Morgan fingerprint density at radius 3 is 1.61 bits per heavy atom. The Kier molecular flexibility index (Phi) is 17.7. The molecule has 0 spiro atoms. The number of esters is 2. The summed E-state index contributed by atoms with van der Waals surface area (Å²) in [6.45, 7) is 9.04. The summed E-state index contributed by atoms with van der Waals surface area (Å²) in [5.74, 6) is -0.654. The van der Waals surface area contributed by atoms with E-state index >= 15 is 0 Å². The molecule has 8 nitrogen and oxygen atoms in total. The van der Waals surface area contributed by atoms with Gasteiger partial charge in [-0.25, -0.2) is 9.59 Å². The van der Waals surface area contributed by atoms with Crippen LogP contribution in [-0.4, -0.2) is 65.8 Å². The lowest BCUT2D eigenvalue weighted by Gasteiger charge is -2.06. The number of carbonyl (C=O) groups is 2. The van der Waals surface area contributed by atoms with E-state index in [0.717, 1.165) is 37.2 Å². The Morgan fingerprint density at radius 2 is 1.08 bits per heavy atom. The molecular formula is C28H40O8. The Bertz CT molecular complexity index is 851. The van der Waals surface area contributed by atoms with Crippen molar-refractivity contribution in [1.82, 2.24) is 0 Å². The van der Waals surface area contributed by atoms with E-state index in [0.29, 0.717) is 50.8 Å². The van der Waals surface area contributed by atoms with Gasteiger partial charge in [0.1, 0.15) is 0 Å². The zero-order chi connectivity index (χ0) is 26.4. The second-order valence-electron chi connectivity index (χ2n) is 7.71. The monoisotopic (exact) mass is 504 g/mol. The highest BCUT2D eigenvalue weighted by molar-refractivity contribution is 5.89. The van der Waals surface area contributed by atoms with Gasteiger partial charge in [-0.15, -0.1) is 0 Å². The van der Waals surface area contributed by atoms with Crippen LogP contribution in [0.5, 0.6) is 0 Å². The predicted molar refractivity (Wildman–Crippen MR) is 137 cm³/mol. The number of carbonyl (C=O) groups excluding carboxylic acids is 2. The number of hydrogen-bond acceptors (Lipinski definition) is 8. The molecule has 0 radical (unpaired) electrons. The second kappa shape index (κ2) is 20.4. The van der Waals surface area contributed by atoms with Crippen LogP contribution in [0.1, 0.15) is 58.5 Å². The molecule has 0 fully saturated rings. The van der Waals surface area contributed by atoms with Crippen LogP contribution in [0.15, 0.2) is 48.5 Å². The van der Waals surface area contributed by atoms with Crippen LogP contribution in [0, 0.1) is 0 Å². The standard InChI is InChI=1S/2C14H20O4/c1-3-8-17-9-10-18-11-12-4-6-13(7-5-12)14(15)16-2;1-3-7-17-8-9-18-11-12-5-4-6-13(10-12)14(15)16-2/h4-7H,3,8-11H2,1-2H3;4-6,10H,3,7-9,11H2,1-2H3. The largest absolute Gasteiger partial charge is 0.465 e. The molecule has 0 unspecified atom stereocenters. The molecule has 0 N–H and O–H groups in total. The normalized spacial score (nSPS) is 10.3. The van der Waals surface area contributed by atoms with Gasteiger partial charge in [-0.05, 0) is 48.2 Å². The van der Waals surface area contributed by atoms with Crippen molar-refractivity contribution < 1.29 is 38.0 Å². The molecule has 0 saturated carbocycles. The van der Waals surface area contributed by atoms with Gasteiger partial charge in [0, 0.05) is 13.2 Å². The van der Waals surface area contributed by atoms with Gasteiger partial charge < -0.3 is 28.4 Å². The summed E-state index contributed by atoms with van der Waals surface area (Å²) < 4.78 is 30.8. The van der Waals surface area contributed by atoms with E-state index in [1.165, 1.54) is 14.2 Å². The average molecular weight is 505 g/mol. The molecule has 0 aliphatic carbocycles. The van der Waals surface area contributed by atoms with Gasteiger partial charge in [-0.3, -0.25) is 0 Å². The lowest BCUT2D eigenvalue weighted by Crippen LogP contribution is -2.06. The molecule has 0 heterocycles. The predicted octanol–water partition coefficient (Wildman–Crippen LogP) is 4.83. The van der Waals surface area contributed by atoms with E-state index in [-0.39, 0.29) is 11.9 Å². The van der Waals surface area contributed by atoms with Gasteiger partial charge in [0.2, 0.25) is 0 Å². The highest BCUT2D eigenvalue weighted by Gasteiger charge is 2.06. The lowest BCUT2D eigenvalue weighted by atomic mass is 10.1. The summed E-state index contributed by atoms with van der Waals surface area (Å²) >= 11 is 0. The van der Waals surface area contributed by atoms with E-state index in [4.69, 9.17) is 18.9 Å². The van der Waals surface area contributed by atoms with Crippen LogP contribution in [0.3, 0.4) is 0 Å². The number of ether oxygens (including phenoxy) is 6. The van der Waals surface area contributed by atoms with Gasteiger partial charge >= 0.3 is 11.9 Å². The molecule has 2 rings (SSSR count). The Labute approximate surface area is 214 Å². The molecule has 200 valence electrons. The highest BCUT2D eigenvalue weighted by Crippen LogP contribution is 2.08.